The van der Waals surface area contributed by atoms with Crippen molar-refractivity contribution in [3.05, 3.63) is 60.2 Å². The normalized spacial score (nSPS) is 17.6. The first kappa shape index (κ1) is 23.2. The van der Waals surface area contributed by atoms with Crippen molar-refractivity contribution < 1.29 is 22.7 Å². The van der Waals surface area contributed by atoms with Gasteiger partial charge in [-0.1, -0.05) is 18.2 Å². The summed E-state index contributed by atoms with van der Waals surface area (Å²) < 4.78 is 33.0. The van der Waals surface area contributed by atoms with Crippen molar-refractivity contribution >= 4 is 27.5 Å². The van der Waals surface area contributed by atoms with Gasteiger partial charge in [0.15, 0.2) is 0 Å². The molecule has 0 spiro atoms. The number of rotatable bonds is 6. The van der Waals surface area contributed by atoms with Gasteiger partial charge in [0.1, 0.15) is 0 Å². The maximum Gasteiger partial charge on any atom is 0.261 e. The summed E-state index contributed by atoms with van der Waals surface area (Å²) >= 11 is 0. The van der Waals surface area contributed by atoms with E-state index in [9.17, 15) is 18.0 Å². The van der Waals surface area contributed by atoms with Crippen LogP contribution in [0.3, 0.4) is 0 Å². The van der Waals surface area contributed by atoms with Gasteiger partial charge in [-0.25, -0.2) is 8.42 Å². The number of nitrogens with one attached hydrogen (secondary N) is 1. The summed E-state index contributed by atoms with van der Waals surface area (Å²) in [5.74, 6) is -0.0975. The third kappa shape index (κ3) is 5.89. The minimum absolute atomic E-state index is 0.0736. The fraction of sp³-hybridized carbons (Fsp3) is 0.391. The van der Waals surface area contributed by atoms with E-state index in [0.717, 1.165) is 13.1 Å². The Bertz CT molecular complexity index is 1060. The molecule has 2 fully saturated rings. The van der Waals surface area contributed by atoms with Crippen molar-refractivity contribution in [2.24, 2.45) is 0 Å². The Labute approximate surface area is 194 Å². The molecule has 4 rings (SSSR count). The van der Waals surface area contributed by atoms with Crippen LogP contribution >= 0.6 is 0 Å². The van der Waals surface area contributed by atoms with E-state index in [1.807, 2.05) is 0 Å². The smallest absolute Gasteiger partial charge is 0.261 e. The van der Waals surface area contributed by atoms with Crippen LogP contribution in [0.1, 0.15) is 10.4 Å². The van der Waals surface area contributed by atoms with E-state index in [4.69, 9.17) is 4.74 Å². The van der Waals surface area contributed by atoms with Gasteiger partial charge in [0.25, 0.3) is 15.9 Å². The van der Waals surface area contributed by atoms with E-state index in [0.29, 0.717) is 57.2 Å². The van der Waals surface area contributed by atoms with Crippen molar-refractivity contribution in [3.63, 3.8) is 0 Å². The highest BCUT2D eigenvalue weighted by Gasteiger charge is 2.26. The number of nitrogens with zero attached hydrogens (tertiary/aromatic N) is 3. The molecule has 10 heteroatoms. The molecular formula is C23H28N4O5S. The Kier molecular flexibility index (Phi) is 7.26. The standard InChI is InChI=1S/C23H28N4O5S/c28-22(18-25-14-16-32-17-15-25)26-10-12-27(13-11-26)23(29)19-6-8-21(9-7-19)33(30,31)24-20-4-2-1-3-5-20/h1-9,24H,10-18H2. The van der Waals surface area contributed by atoms with Crippen LogP contribution in [-0.2, 0) is 19.6 Å². The SMILES string of the molecule is O=C(CN1CCOCC1)N1CCN(C(=O)c2ccc(S(=O)(=O)Nc3ccccc3)cc2)CC1. The third-order valence-corrected chi connectivity index (χ3v) is 7.22. The highest BCUT2D eigenvalue weighted by atomic mass is 32.2. The number of carbonyl (C=O) groups excluding carboxylic acids is 2. The first-order valence-electron chi connectivity index (χ1n) is 11.0. The van der Waals surface area contributed by atoms with Gasteiger partial charge in [-0.2, -0.15) is 0 Å². The monoisotopic (exact) mass is 472 g/mol. The van der Waals surface area contributed by atoms with Gasteiger partial charge < -0.3 is 14.5 Å². The minimum Gasteiger partial charge on any atom is -0.379 e. The molecule has 0 saturated carbocycles. The molecule has 176 valence electrons. The highest BCUT2D eigenvalue weighted by Crippen LogP contribution is 2.17. The maximum atomic E-state index is 12.9. The molecule has 2 saturated heterocycles. The van der Waals surface area contributed by atoms with E-state index in [1.165, 1.54) is 24.3 Å². The number of amides is 2. The number of ether oxygens (including phenoxy) is 1. The number of carbonyl (C=O) groups is 2. The van der Waals surface area contributed by atoms with Gasteiger partial charge >= 0.3 is 0 Å². The number of para-hydroxylation sites is 1. The molecule has 0 aromatic heterocycles. The highest BCUT2D eigenvalue weighted by molar-refractivity contribution is 7.92. The zero-order valence-electron chi connectivity index (χ0n) is 18.4. The molecule has 2 aliphatic heterocycles. The predicted octanol–water partition coefficient (Wildman–Crippen LogP) is 1.10. The minimum atomic E-state index is -3.74. The summed E-state index contributed by atoms with van der Waals surface area (Å²) in [5.41, 5.74) is 0.889. The Morgan fingerprint density at radius 3 is 2.06 bits per heavy atom. The quantitative estimate of drug-likeness (QED) is 0.676. The Morgan fingerprint density at radius 1 is 0.818 bits per heavy atom. The first-order chi connectivity index (χ1) is 15.9. The Balaban J connectivity index is 1.31. The second kappa shape index (κ2) is 10.3. The van der Waals surface area contributed by atoms with Gasteiger partial charge in [-0.05, 0) is 36.4 Å². The molecule has 0 radical (unpaired) electrons. The van der Waals surface area contributed by atoms with Crippen molar-refractivity contribution in [1.82, 2.24) is 14.7 Å². The lowest BCUT2D eigenvalue weighted by atomic mass is 10.2. The van der Waals surface area contributed by atoms with Gasteiger partial charge in [0, 0.05) is 50.5 Å². The molecule has 2 aromatic rings. The maximum absolute atomic E-state index is 12.9. The van der Waals surface area contributed by atoms with Crippen LogP contribution in [0.15, 0.2) is 59.5 Å². The molecule has 33 heavy (non-hydrogen) atoms. The van der Waals surface area contributed by atoms with Crippen molar-refractivity contribution in [1.29, 1.82) is 0 Å². The Morgan fingerprint density at radius 2 is 1.42 bits per heavy atom. The average Bonchev–Trinajstić information content (AvgIpc) is 2.85. The average molecular weight is 473 g/mol. The van der Waals surface area contributed by atoms with E-state index in [1.54, 1.807) is 40.1 Å². The van der Waals surface area contributed by atoms with Crippen LogP contribution in [0.2, 0.25) is 0 Å². The van der Waals surface area contributed by atoms with E-state index in [-0.39, 0.29) is 16.7 Å². The van der Waals surface area contributed by atoms with Crippen molar-refractivity contribution in [2.45, 2.75) is 4.90 Å². The van der Waals surface area contributed by atoms with E-state index < -0.39 is 10.0 Å². The zero-order chi connectivity index (χ0) is 23.3. The molecule has 9 nitrogen and oxygen atoms in total. The van der Waals surface area contributed by atoms with Crippen molar-refractivity contribution in [3.8, 4) is 0 Å². The molecule has 0 atom stereocenters. The summed E-state index contributed by atoms with van der Waals surface area (Å²) in [6.07, 6.45) is 0. The molecule has 0 aliphatic carbocycles. The fourth-order valence-electron chi connectivity index (χ4n) is 3.89. The summed E-state index contributed by atoms with van der Waals surface area (Å²) in [5, 5.41) is 0. The van der Waals surface area contributed by atoms with Crippen LogP contribution < -0.4 is 4.72 Å². The second-order valence-electron chi connectivity index (χ2n) is 8.06. The van der Waals surface area contributed by atoms with Crippen LogP contribution in [0.5, 0.6) is 0 Å². The summed E-state index contributed by atoms with van der Waals surface area (Å²) in [7, 11) is -3.74. The lowest BCUT2D eigenvalue weighted by Gasteiger charge is -2.36. The number of anilines is 1. The van der Waals surface area contributed by atoms with Crippen LogP contribution in [0.4, 0.5) is 5.69 Å². The molecule has 0 unspecified atom stereocenters. The second-order valence-corrected chi connectivity index (χ2v) is 9.74. The molecule has 2 amide bonds. The fourth-order valence-corrected chi connectivity index (χ4v) is 4.95. The van der Waals surface area contributed by atoms with Crippen LogP contribution in [0.25, 0.3) is 0 Å². The summed E-state index contributed by atoms with van der Waals surface area (Å²) in [4.78, 5) is 31.1. The molecular weight excluding hydrogens is 444 g/mol. The van der Waals surface area contributed by atoms with Gasteiger partial charge in [-0.15, -0.1) is 0 Å². The largest absolute Gasteiger partial charge is 0.379 e. The number of piperazine rings is 1. The number of sulfonamides is 1. The number of morpholine rings is 1. The topological polar surface area (TPSA) is 99.3 Å². The van der Waals surface area contributed by atoms with Gasteiger partial charge in [0.05, 0.1) is 24.7 Å². The van der Waals surface area contributed by atoms with Gasteiger partial charge in [-0.3, -0.25) is 19.2 Å². The van der Waals surface area contributed by atoms with E-state index >= 15 is 0 Å². The van der Waals surface area contributed by atoms with Crippen molar-refractivity contribution in [2.75, 3.05) is 63.7 Å². The zero-order valence-corrected chi connectivity index (χ0v) is 19.2. The first-order valence-corrected chi connectivity index (χ1v) is 12.5. The Hall–Kier alpha value is -2.95. The van der Waals surface area contributed by atoms with E-state index in [2.05, 4.69) is 9.62 Å². The number of hydrogen-bond donors (Lipinski definition) is 1. The summed E-state index contributed by atoms with van der Waals surface area (Å²) in [6, 6.07) is 14.5. The molecule has 2 aromatic carbocycles. The van der Waals surface area contributed by atoms with Crippen LogP contribution in [0, 0.1) is 0 Å². The number of hydrogen-bond acceptors (Lipinski definition) is 6. The predicted molar refractivity (Wildman–Crippen MR) is 123 cm³/mol. The molecule has 2 heterocycles. The molecule has 2 aliphatic rings. The lowest BCUT2D eigenvalue weighted by Crippen LogP contribution is -2.53. The molecule has 0 bridgehead atoms. The summed E-state index contributed by atoms with van der Waals surface area (Å²) in [6.45, 7) is 5.07. The third-order valence-electron chi connectivity index (χ3n) is 5.82. The van der Waals surface area contributed by atoms with Crippen LogP contribution in [-0.4, -0.2) is 94.0 Å². The number of benzene rings is 2. The lowest BCUT2D eigenvalue weighted by molar-refractivity contribution is -0.134. The molecule has 1 N–H and O–H groups in total. The van der Waals surface area contributed by atoms with Gasteiger partial charge in [0.2, 0.25) is 5.91 Å².